The van der Waals surface area contributed by atoms with Crippen molar-refractivity contribution < 1.29 is 10.0 Å². The highest BCUT2D eigenvalue weighted by molar-refractivity contribution is 5.85. The summed E-state index contributed by atoms with van der Waals surface area (Å²) >= 11 is 0. The number of hydrogen-bond donors (Lipinski definition) is 1. The number of nitrogens with zero attached hydrogens (tertiary/aromatic N) is 3. The van der Waals surface area contributed by atoms with E-state index < -0.39 is 4.92 Å². The molecule has 0 aromatic heterocycles. The monoisotopic (exact) mass is 269 g/mol. The zero-order valence-corrected chi connectivity index (χ0v) is 10.4. The van der Waals surface area contributed by atoms with Gasteiger partial charge in [0.2, 0.25) is 0 Å². The number of non-ortho nitro benzene ring substituents is 1. The third kappa shape index (κ3) is 3.49. The van der Waals surface area contributed by atoms with Crippen LogP contribution in [0.2, 0.25) is 0 Å². The molecule has 0 aliphatic heterocycles. The standard InChI is InChI=1S/C14H11N3O3/c18-14-7-2-1-5-12(14)10-16-15-9-11-4-3-6-13(8-11)17(19)20/h1-10,18H/b15-9-,16-10+. The largest absolute Gasteiger partial charge is 0.507 e. The van der Waals surface area contributed by atoms with Gasteiger partial charge in [0, 0.05) is 23.3 Å². The number of rotatable bonds is 4. The summed E-state index contributed by atoms with van der Waals surface area (Å²) in [6.07, 6.45) is 2.81. The zero-order chi connectivity index (χ0) is 14.4. The Bertz CT molecular complexity index is 681. The van der Waals surface area contributed by atoms with E-state index in [4.69, 9.17) is 0 Å². The second-order valence-electron chi connectivity index (χ2n) is 3.90. The van der Waals surface area contributed by atoms with Gasteiger partial charge in [0.25, 0.3) is 5.69 Å². The van der Waals surface area contributed by atoms with Crippen LogP contribution in [0.25, 0.3) is 0 Å². The van der Waals surface area contributed by atoms with Crippen LogP contribution < -0.4 is 0 Å². The van der Waals surface area contributed by atoms with Crippen LogP contribution in [0.15, 0.2) is 58.7 Å². The molecule has 20 heavy (non-hydrogen) atoms. The van der Waals surface area contributed by atoms with E-state index in [-0.39, 0.29) is 11.4 Å². The lowest BCUT2D eigenvalue weighted by Crippen LogP contribution is -1.89. The number of benzene rings is 2. The average molecular weight is 269 g/mol. The summed E-state index contributed by atoms with van der Waals surface area (Å²) < 4.78 is 0. The van der Waals surface area contributed by atoms with Crippen LogP contribution in [0.3, 0.4) is 0 Å². The number of phenols is 1. The Balaban J connectivity index is 2.09. The lowest BCUT2D eigenvalue weighted by atomic mass is 10.2. The molecule has 1 N–H and O–H groups in total. The molecule has 0 bridgehead atoms. The molecule has 0 atom stereocenters. The minimum Gasteiger partial charge on any atom is -0.507 e. The van der Waals surface area contributed by atoms with E-state index in [9.17, 15) is 15.2 Å². The maximum Gasteiger partial charge on any atom is 0.270 e. The molecule has 6 nitrogen and oxygen atoms in total. The van der Waals surface area contributed by atoms with E-state index in [2.05, 4.69) is 10.2 Å². The van der Waals surface area contributed by atoms with Gasteiger partial charge in [0.1, 0.15) is 5.75 Å². The predicted octanol–water partition coefficient (Wildman–Crippen LogP) is 2.75. The van der Waals surface area contributed by atoms with Crippen molar-refractivity contribution in [1.82, 2.24) is 0 Å². The fourth-order valence-electron chi connectivity index (χ4n) is 1.51. The van der Waals surface area contributed by atoms with Crippen LogP contribution in [0.1, 0.15) is 11.1 Å². The van der Waals surface area contributed by atoms with Gasteiger partial charge in [0.05, 0.1) is 17.4 Å². The lowest BCUT2D eigenvalue weighted by Gasteiger charge is -1.95. The normalized spacial score (nSPS) is 11.2. The molecule has 2 aromatic rings. The van der Waals surface area contributed by atoms with Gasteiger partial charge in [-0.05, 0) is 12.1 Å². The van der Waals surface area contributed by atoms with Crippen molar-refractivity contribution in [2.45, 2.75) is 0 Å². The second kappa shape index (κ2) is 6.24. The smallest absolute Gasteiger partial charge is 0.270 e. The van der Waals surface area contributed by atoms with Gasteiger partial charge in [0.15, 0.2) is 0 Å². The summed E-state index contributed by atoms with van der Waals surface area (Å²) in [6.45, 7) is 0. The van der Waals surface area contributed by atoms with E-state index in [1.165, 1.54) is 24.6 Å². The molecular formula is C14H11N3O3. The predicted molar refractivity (Wildman–Crippen MR) is 76.4 cm³/mol. The second-order valence-corrected chi connectivity index (χ2v) is 3.90. The first kappa shape index (κ1) is 13.4. The quantitative estimate of drug-likeness (QED) is 0.525. The van der Waals surface area contributed by atoms with Crippen LogP contribution in [0.4, 0.5) is 5.69 Å². The highest BCUT2D eigenvalue weighted by atomic mass is 16.6. The van der Waals surface area contributed by atoms with Gasteiger partial charge in [-0.25, -0.2) is 0 Å². The van der Waals surface area contributed by atoms with Crippen molar-refractivity contribution >= 4 is 18.1 Å². The van der Waals surface area contributed by atoms with E-state index in [1.54, 1.807) is 36.4 Å². The van der Waals surface area contributed by atoms with Gasteiger partial charge in [-0.2, -0.15) is 10.2 Å². The van der Waals surface area contributed by atoms with Gasteiger partial charge >= 0.3 is 0 Å². The molecule has 0 spiro atoms. The molecular weight excluding hydrogens is 258 g/mol. The van der Waals surface area contributed by atoms with Crippen molar-refractivity contribution in [2.24, 2.45) is 10.2 Å². The van der Waals surface area contributed by atoms with Gasteiger partial charge < -0.3 is 5.11 Å². The van der Waals surface area contributed by atoms with E-state index in [0.717, 1.165) is 0 Å². The third-order valence-corrected chi connectivity index (χ3v) is 2.49. The number of nitro groups is 1. The van der Waals surface area contributed by atoms with Crippen molar-refractivity contribution in [3.05, 3.63) is 69.8 Å². The van der Waals surface area contributed by atoms with E-state index in [0.29, 0.717) is 11.1 Å². The Hall–Kier alpha value is -3.02. The summed E-state index contributed by atoms with van der Waals surface area (Å²) in [5.41, 5.74) is 1.12. The maximum atomic E-state index is 10.6. The van der Waals surface area contributed by atoms with Gasteiger partial charge in [-0.1, -0.05) is 24.3 Å². The highest BCUT2D eigenvalue weighted by Gasteiger charge is 2.03. The summed E-state index contributed by atoms with van der Waals surface area (Å²) in [7, 11) is 0. The van der Waals surface area contributed by atoms with Crippen molar-refractivity contribution in [3.63, 3.8) is 0 Å². The number of para-hydroxylation sites is 1. The molecule has 100 valence electrons. The third-order valence-electron chi connectivity index (χ3n) is 2.49. The minimum absolute atomic E-state index is 0.00127. The number of aromatic hydroxyl groups is 1. The van der Waals surface area contributed by atoms with Crippen molar-refractivity contribution in [1.29, 1.82) is 0 Å². The molecule has 0 saturated heterocycles. The van der Waals surface area contributed by atoms with Gasteiger partial charge in [-0.3, -0.25) is 10.1 Å². The molecule has 0 radical (unpaired) electrons. The van der Waals surface area contributed by atoms with Crippen LogP contribution in [0.5, 0.6) is 5.75 Å². The van der Waals surface area contributed by atoms with E-state index in [1.807, 2.05) is 0 Å². The van der Waals surface area contributed by atoms with Crippen molar-refractivity contribution in [3.8, 4) is 5.75 Å². The topological polar surface area (TPSA) is 88.1 Å². The van der Waals surface area contributed by atoms with Crippen molar-refractivity contribution in [2.75, 3.05) is 0 Å². The highest BCUT2D eigenvalue weighted by Crippen LogP contribution is 2.13. The summed E-state index contributed by atoms with van der Waals surface area (Å²) in [4.78, 5) is 10.1. The van der Waals surface area contributed by atoms with E-state index >= 15 is 0 Å². The molecule has 0 heterocycles. The Morgan fingerprint density at radius 3 is 2.55 bits per heavy atom. The summed E-state index contributed by atoms with van der Waals surface area (Å²) in [6, 6.07) is 12.8. The Labute approximate surface area is 114 Å². The molecule has 6 heteroatoms. The van der Waals surface area contributed by atoms with Crippen LogP contribution in [0, 0.1) is 10.1 Å². The molecule has 0 amide bonds. The molecule has 0 unspecified atom stereocenters. The average Bonchev–Trinajstić information content (AvgIpc) is 2.45. The molecule has 2 aromatic carbocycles. The number of phenolic OH excluding ortho intramolecular Hbond substituents is 1. The first-order valence-electron chi connectivity index (χ1n) is 5.75. The number of hydrogen-bond acceptors (Lipinski definition) is 5. The fraction of sp³-hybridized carbons (Fsp3) is 0. The molecule has 0 aliphatic rings. The van der Waals surface area contributed by atoms with Gasteiger partial charge in [-0.15, -0.1) is 0 Å². The molecule has 0 saturated carbocycles. The lowest BCUT2D eigenvalue weighted by molar-refractivity contribution is -0.384. The van der Waals surface area contributed by atoms with Crippen LogP contribution in [-0.4, -0.2) is 22.5 Å². The Kier molecular flexibility index (Phi) is 4.18. The summed E-state index contributed by atoms with van der Waals surface area (Å²) in [5.74, 6) is 0.113. The first-order chi connectivity index (χ1) is 9.66. The first-order valence-corrected chi connectivity index (χ1v) is 5.75. The Morgan fingerprint density at radius 2 is 1.80 bits per heavy atom. The summed E-state index contributed by atoms with van der Waals surface area (Å²) in [5, 5.41) is 27.7. The SMILES string of the molecule is O=[N+]([O-])c1cccc(/C=N\N=C\c2ccccc2O)c1. The van der Waals surface area contributed by atoms with Crippen LogP contribution >= 0.6 is 0 Å². The number of nitro benzene ring substituents is 1. The van der Waals surface area contributed by atoms with Crippen LogP contribution in [-0.2, 0) is 0 Å². The zero-order valence-electron chi connectivity index (χ0n) is 10.4. The molecule has 2 rings (SSSR count). The minimum atomic E-state index is -0.470. The molecule has 0 fully saturated rings. The molecule has 0 aliphatic carbocycles. The Morgan fingerprint density at radius 1 is 1.05 bits per heavy atom. The maximum absolute atomic E-state index is 10.6. The fourth-order valence-corrected chi connectivity index (χ4v) is 1.51.